The van der Waals surface area contributed by atoms with Gasteiger partial charge in [-0.15, -0.1) is 11.3 Å². The van der Waals surface area contributed by atoms with E-state index in [1.807, 2.05) is 0 Å². The van der Waals surface area contributed by atoms with Crippen molar-refractivity contribution >= 4 is 27.8 Å². The van der Waals surface area contributed by atoms with Crippen molar-refractivity contribution in [3.63, 3.8) is 0 Å². The molecule has 0 aromatic carbocycles. The van der Waals surface area contributed by atoms with Crippen molar-refractivity contribution in [1.82, 2.24) is 4.90 Å². The van der Waals surface area contributed by atoms with Crippen molar-refractivity contribution in [3.8, 4) is 0 Å². The van der Waals surface area contributed by atoms with Crippen LogP contribution in [0.1, 0.15) is 47.8 Å². The molecule has 0 amide bonds. The van der Waals surface area contributed by atoms with Gasteiger partial charge in [-0.05, 0) is 25.3 Å². The van der Waals surface area contributed by atoms with Gasteiger partial charge in [-0.25, -0.2) is 0 Å². The highest BCUT2D eigenvalue weighted by atomic mass is 32.1. The molecule has 5 heteroatoms. The van der Waals surface area contributed by atoms with Gasteiger partial charge in [-0.2, -0.15) is 0 Å². The molecule has 2 fully saturated rings. The highest BCUT2D eigenvalue weighted by molar-refractivity contribution is 7.18. The predicted molar refractivity (Wildman–Crippen MR) is 85.0 cm³/mol. The van der Waals surface area contributed by atoms with Crippen LogP contribution in [-0.4, -0.2) is 43.4 Å². The zero-order valence-electron chi connectivity index (χ0n) is 12.3. The van der Waals surface area contributed by atoms with Crippen molar-refractivity contribution in [2.24, 2.45) is 0 Å². The van der Waals surface area contributed by atoms with Gasteiger partial charge < -0.3 is 15.5 Å². The van der Waals surface area contributed by atoms with E-state index in [4.69, 9.17) is 5.73 Å². The smallest absolute Gasteiger partial charge is 0.171 e. The Balaban J connectivity index is 1.89. The fraction of sp³-hybridized carbons (Fsp3) is 0.667. The number of rotatable bonds is 4. The van der Waals surface area contributed by atoms with Gasteiger partial charge in [0.2, 0.25) is 0 Å². The van der Waals surface area contributed by atoms with Crippen LogP contribution in [0.4, 0.5) is 10.7 Å². The number of thiophene rings is 1. The Morgan fingerprint density at radius 1 is 1.30 bits per heavy atom. The minimum atomic E-state index is 0.104. The van der Waals surface area contributed by atoms with Gasteiger partial charge in [0.05, 0.1) is 15.6 Å². The largest absolute Gasteiger partial charge is 0.397 e. The lowest BCUT2D eigenvalue weighted by atomic mass is 10.1. The summed E-state index contributed by atoms with van der Waals surface area (Å²) in [5.74, 6) is 0.700. The number of carbonyl (C=O) groups excluding carboxylic acids is 1. The van der Waals surface area contributed by atoms with Crippen LogP contribution in [0.25, 0.3) is 0 Å². The Bertz CT molecular complexity index is 513. The molecule has 2 aliphatic rings. The molecule has 1 aromatic rings. The van der Waals surface area contributed by atoms with Crippen molar-refractivity contribution in [2.75, 3.05) is 43.4 Å². The Morgan fingerprint density at radius 2 is 1.95 bits per heavy atom. The van der Waals surface area contributed by atoms with Crippen LogP contribution in [0.3, 0.4) is 0 Å². The summed E-state index contributed by atoms with van der Waals surface area (Å²) in [6, 6.07) is 0. The molecule has 1 saturated heterocycles. The van der Waals surface area contributed by atoms with E-state index in [2.05, 4.69) is 16.7 Å². The van der Waals surface area contributed by atoms with E-state index in [0.717, 1.165) is 43.3 Å². The molecule has 1 aliphatic heterocycles. The molecule has 2 N–H and O–H groups in total. The number of hydrogen-bond acceptors (Lipinski definition) is 5. The maximum atomic E-state index is 11.8. The Kier molecular flexibility index (Phi) is 3.73. The highest BCUT2D eigenvalue weighted by Crippen LogP contribution is 2.52. The van der Waals surface area contributed by atoms with E-state index >= 15 is 0 Å². The summed E-state index contributed by atoms with van der Waals surface area (Å²) in [5.41, 5.74) is 8.29. The third-order valence-corrected chi connectivity index (χ3v) is 5.76. The van der Waals surface area contributed by atoms with E-state index < -0.39 is 0 Å². The molecule has 3 rings (SSSR count). The molecular formula is C15H23N3OS. The number of nitrogens with two attached hydrogens (primary N) is 1. The topological polar surface area (TPSA) is 49.6 Å². The van der Waals surface area contributed by atoms with Gasteiger partial charge in [0.25, 0.3) is 0 Å². The molecule has 0 unspecified atom stereocenters. The second-order valence-electron chi connectivity index (χ2n) is 5.82. The molecule has 110 valence electrons. The number of Topliss-reactive ketones (excluding diaryl/α,β-unsaturated/α-hetero) is 1. The first-order chi connectivity index (χ1) is 9.61. The van der Waals surface area contributed by atoms with Crippen LogP contribution in [0.15, 0.2) is 0 Å². The van der Waals surface area contributed by atoms with Gasteiger partial charge in [0.1, 0.15) is 0 Å². The Hall–Kier alpha value is -1.07. The second kappa shape index (κ2) is 5.37. The number of hydrogen-bond donors (Lipinski definition) is 1. The number of carbonyl (C=O) groups is 1. The summed E-state index contributed by atoms with van der Waals surface area (Å²) >= 11 is 1.61. The predicted octanol–water partition coefficient (Wildman–Crippen LogP) is 2.55. The number of piperazine rings is 1. The van der Waals surface area contributed by atoms with E-state index in [1.165, 1.54) is 23.4 Å². The summed E-state index contributed by atoms with van der Waals surface area (Å²) in [7, 11) is 0. The zero-order chi connectivity index (χ0) is 14.3. The van der Waals surface area contributed by atoms with Crippen LogP contribution in [0.2, 0.25) is 0 Å². The first kappa shape index (κ1) is 13.9. The summed E-state index contributed by atoms with van der Waals surface area (Å²) in [6.07, 6.45) is 2.44. The van der Waals surface area contributed by atoms with Crippen LogP contribution >= 0.6 is 11.3 Å². The molecule has 1 aromatic heterocycles. The maximum absolute atomic E-state index is 11.8. The van der Waals surface area contributed by atoms with Crippen molar-refractivity contribution in [2.45, 2.75) is 32.6 Å². The number of likely N-dealkylation sites (N-methyl/N-ethyl adjacent to an activating group) is 1. The number of nitrogen functional groups attached to an aromatic ring is 1. The minimum absolute atomic E-state index is 0.104. The van der Waals surface area contributed by atoms with E-state index in [1.54, 1.807) is 18.3 Å². The number of ketones is 1. The molecule has 0 radical (unpaired) electrons. The van der Waals surface area contributed by atoms with Crippen LogP contribution in [-0.2, 0) is 0 Å². The highest BCUT2D eigenvalue weighted by Gasteiger charge is 2.34. The normalized spacial score (nSPS) is 20.4. The average Bonchev–Trinajstić information content (AvgIpc) is 3.22. The third-order valence-electron chi connectivity index (χ3n) is 4.38. The van der Waals surface area contributed by atoms with Gasteiger partial charge in [-0.3, -0.25) is 4.79 Å². The minimum Gasteiger partial charge on any atom is -0.397 e. The van der Waals surface area contributed by atoms with E-state index in [9.17, 15) is 4.79 Å². The van der Waals surface area contributed by atoms with Gasteiger partial charge in [0.15, 0.2) is 5.78 Å². The molecule has 20 heavy (non-hydrogen) atoms. The number of nitrogens with zero attached hydrogens (tertiary/aromatic N) is 2. The third kappa shape index (κ3) is 2.44. The van der Waals surface area contributed by atoms with E-state index in [0.29, 0.717) is 5.92 Å². The molecule has 0 bridgehead atoms. The second-order valence-corrected chi connectivity index (χ2v) is 6.81. The van der Waals surface area contributed by atoms with Crippen LogP contribution in [0, 0.1) is 0 Å². The summed E-state index contributed by atoms with van der Waals surface area (Å²) < 4.78 is 0. The molecule has 1 aliphatic carbocycles. The van der Waals surface area contributed by atoms with E-state index in [-0.39, 0.29) is 5.78 Å². The molecule has 0 atom stereocenters. The summed E-state index contributed by atoms with van der Waals surface area (Å²) in [4.78, 5) is 17.4. The molecular weight excluding hydrogens is 270 g/mol. The van der Waals surface area contributed by atoms with Crippen LogP contribution in [0.5, 0.6) is 0 Å². The molecule has 0 spiro atoms. The lowest BCUT2D eigenvalue weighted by molar-refractivity contribution is 0.102. The quantitative estimate of drug-likeness (QED) is 0.867. The van der Waals surface area contributed by atoms with Crippen LogP contribution < -0.4 is 10.6 Å². The monoisotopic (exact) mass is 293 g/mol. The fourth-order valence-corrected chi connectivity index (χ4v) is 4.23. The first-order valence-corrected chi connectivity index (χ1v) is 8.33. The van der Waals surface area contributed by atoms with Crippen molar-refractivity contribution < 1.29 is 4.79 Å². The fourth-order valence-electron chi connectivity index (χ4n) is 2.97. The SMILES string of the molecule is CCN1CCN(c2sc(C(C)=O)c(N)c2C2CC2)CC1. The first-order valence-electron chi connectivity index (χ1n) is 7.52. The van der Waals surface area contributed by atoms with Crippen molar-refractivity contribution in [1.29, 1.82) is 0 Å². The molecule has 2 heterocycles. The Morgan fingerprint density at radius 3 is 2.45 bits per heavy atom. The zero-order valence-corrected chi connectivity index (χ0v) is 13.1. The van der Waals surface area contributed by atoms with Crippen molar-refractivity contribution in [3.05, 3.63) is 10.4 Å². The maximum Gasteiger partial charge on any atom is 0.171 e. The lowest BCUT2D eigenvalue weighted by Crippen LogP contribution is -2.46. The average molecular weight is 293 g/mol. The van der Waals surface area contributed by atoms with Gasteiger partial charge in [-0.1, -0.05) is 6.92 Å². The number of anilines is 2. The standard InChI is InChI=1S/C15H23N3OS/c1-3-17-6-8-18(9-7-17)15-12(11-4-5-11)13(16)14(20-15)10(2)19/h11H,3-9,16H2,1-2H3. The summed E-state index contributed by atoms with van der Waals surface area (Å²) in [6.45, 7) is 9.26. The molecule has 4 nitrogen and oxygen atoms in total. The Labute approximate surface area is 124 Å². The van der Waals surface area contributed by atoms with Gasteiger partial charge >= 0.3 is 0 Å². The lowest BCUT2D eigenvalue weighted by Gasteiger charge is -2.35. The summed E-state index contributed by atoms with van der Waals surface area (Å²) in [5, 5.41) is 1.27. The van der Waals surface area contributed by atoms with Gasteiger partial charge in [0, 0.05) is 38.7 Å². The molecule has 1 saturated carbocycles.